The third-order valence-corrected chi connectivity index (χ3v) is 5.00. The lowest BCUT2D eigenvalue weighted by molar-refractivity contribution is -0.0159. The molecule has 1 heterocycles. The minimum absolute atomic E-state index is 0.0386. The highest BCUT2D eigenvalue weighted by Crippen LogP contribution is 2.25. The van der Waals surface area contributed by atoms with E-state index in [1.807, 2.05) is 17.0 Å². The Morgan fingerprint density at radius 1 is 1.27 bits per heavy atom. The molecule has 0 aromatic heterocycles. The molecule has 2 fully saturated rings. The molecule has 22 heavy (non-hydrogen) atoms. The lowest BCUT2D eigenvalue weighted by Crippen LogP contribution is -2.50. The molecule has 1 unspecified atom stereocenters. The van der Waals surface area contributed by atoms with Gasteiger partial charge in [-0.1, -0.05) is 47.3 Å². The predicted octanol–water partition coefficient (Wildman–Crippen LogP) is 3.86. The number of nitrogens with one attached hydrogen (secondary N) is 1. The van der Waals surface area contributed by atoms with Crippen molar-refractivity contribution >= 4 is 22.0 Å². The molecule has 1 saturated heterocycles. The quantitative estimate of drug-likeness (QED) is 0.862. The molecule has 1 aliphatic heterocycles. The van der Waals surface area contributed by atoms with E-state index < -0.39 is 0 Å². The largest absolute Gasteiger partial charge is 0.370 e. The van der Waals surface area contributed by atoms with E-state index in [-0.39, 0.29) is 12.1 Å². The SMILES string of the molecule is O=C(NC1CCCCC1)N1CCOC(c2cccc(Br)c2)C1. The first kappa shape index (κ1) is 15.8. The zero-order valence-corrected chi connectivity index (χ0v) is 14.3. The van der Waals surface area contributed by atoms with Gasteiger partial charge in [-0.3, -0.25) is 0 Å². The topological polar surface area (TPSA) is 41.6 Å². The molecule has 3 rings (SSSR count). The number of ether oxygens (including phenoxy) is 1. The summed E-state index contributed by atoms with van der Waals surface area (Å²) in [6.45, 7) is 1.88. The van der Waals surface area contributed by atoms with Crippen molar-refractivity contribution in [3.63, 3.8) is 0 Å². The Bertz CT molecular complexity index is 517. The van der Waals surface area contributed by atoms with Gasteiger partial charge in [0, 0.05) is 17.1 Å². The van der Waals surface area contributed by atoms with Crippen molar-refractivity contribution in [2.24, 2.45) is 0 Å². The minimum atomic E-state index is -0.0386. The highest BCUT2D eigenvalue weighted by molar-refractivity contribution is 9.10. The van der Waals surface area contributed by atoms with Gasteiger partial charge in [0.2, 0.25) is 0 Å². The van der Waals surface area contributed by atoms with Crippen LogP contribution < -0.4 is 5.32 Å². The molecule has 120 valence electrons. The summed E-state index contributed by atoms with van der Waals surface area (Å²) < 4.78 is 6.89. The molecule has 4 nitrogen and oxygen atoms in total. The number of carbonyl (C=O) groups excluding carboxylic acids is 1. The van der Waals surface area contributed by atoms with E-state index in [9.17, 15) is 4.79 Å². The van der Waals surface area contributed by atoms with Crippen LogP contribution in [0.15, 0.2) is 28.7 Å². The maximum atomic E-state index is 12.5. The summed E-state index contributed by atoms with van der Waals surface area (Å²) in [5.74, 6) is 0. The maximum absolute atomic E-state index is 12.5. The zero-order valence-electron chi connectivity index (χ0n) is 12.8. The third-order valence-electron chi connectivity index (χ3n) is 4.51. The van der Waals surface area contributed by atoms with E-state index in [1.165, 1.54) is 19.3 Å². The molecule has 2 aliphatic rings. The third kappa shape index (κ3) is 4.02. The number of carbonyl (C=O) groups is 1. The van der Waals surface area contributed by atoms with Crippen LogP contribution in [0, 0.1) is 0 Å². The van der Waals surface area contributed by atoms with Crippen LogP contribution in [0.1, 0.15) is 43.8 Å². The first-order valence-corrected chi connectivity index (χ1v) is 8.94. The molecule has 1 aromatic carbocycles. The summed E-state index contributed by atoms with van der Waals surface area (Å²) in [4.78, 5) is 14.4. The Kier molecular flexibility index (Phi) is 5.37. The molecule has 1 atom stereocenters. The van der Waals surface area contributed by atoms with E-state index in [2.05, 4.69) is 33.4 Å². The second-order valence-corrected chi connectivity index (χ2v) is 7.06. The van der Waals surface area contributed by atoms with Crippen molar-refractivity contribution in [3.05, 3.63) is 34.3 Å². The number of morpholine rings is 1. The van der Waals surface area contributed by atoms with Gasteiger partial charge in [0.25, 0.3) is 0 Å². The van der Waals surface area contributed by atoms with Gasteiger partial charge >= 0.3 is 6.03 Å². The second-order valence-electron chi connectivity index (χ2n) is 6.14. The van der Waals surface area contributed by atoms with E-state index in [0.717, 1.165) is 22.9 Å². The number of amides is 2. The summed E-state index contributed by atoms with van der Waals surface area (Å²) in [6.07, 6.45) is 5.96. The van der Waals surface area contributed by atoms with Crippen LogP contribution in [-0.4, -0.2) is 36.7 Å². The first-order chi connectivity index (χ1) is 10.7. The molecule has 5 heteroatoms. The lowest BCUT2D eigenvalue weighted by atomic mass is 9.96. The number of hydrogen-bond donors (Lipinski definition) is 1. The molecular weight excluding hydrogens is 344 g/mol. The number of benzene rings is 1. The van der Waals surface area contributed by atoms with Crippen LogP contribution in [0.4, 0.5) is 4.79 Å². The van der Waals surface area contributed by atoms with Gasteiger partial charge in [0.15, 0.2) is 0 Å². The van der Waals surface area contributed by atoms with Crippen LogP contribution in [-0.2, 0) is 4.74 Å². The van der Waals surface area contributed by atoms with Crippen LogP contribution in [0.25, 0.3) is 0 Å². The van der Waals surface area contributed by atoms with Gasteiger partial charge in [-0.15, -0.1) is 0 Å². The molecular formula is C17H23BrN2O2. The fourth-order valence-corrected chi connectivity index (χ4v) is 3.67. The summed E-state index contributed by atoms with van der Waals surface area (Å²) in [7, 11) is 0. The molecule has 1 aliphatic carbocycles. The molecule has 1 aromatic rings. The average Bonchev–Trinajstić information content (AvgIpc) is 2.56. The summed E-state index contributed by atoms with van der Waals surface area (Å²) in [5, 5.41) is 3.19. The van der Waals surface area contributed by atoms with Gasteiger partial charge in [0.1, 0.15) is 6.10 Å². The smallest absolute Gasteiger partial charge is 0.317 e. The predicted molar refractivity (Wildman–Crippen MR) is 89.8 cm³/mol. The number of urea groups is 1. The van der Waals surface area contributed by atoms with E-state index >= 15 is 0 Å². The normalized spacial score (nSPS) is 23.3. The van der Waals surface area contributed by atoms with Crippen molar-refractivity contribution in [3.8, 4) is 0 Å². The van der Waals surface area contributed by atoms with E-state index in [0.29, 0.717) is 25.7 Å². The summed E-state index contributed by atoms with van der Waals surface area (Å²) in [6, 6.07) is 8.54. The standard InChI is InChI=1S/C17H23BrN2O2/c18-14-6-4-5-13(11-14)16-12-20(9-10-22-16)17(21)19-15-7-2-1-3-8-15/h4-6,11,15-16H,1-3,7-10,12H2,(H,19,21). The average molecular weight is 367 g/mol. The van der Waals surface area contributed by atoms with Crippen LogP contribution in [0.3, 0.4) is 0 Å². The molecule has 1 N–H and O–H groups in total. The van der Waals surface area contributed by atoms with Crippen molar-refractivity contribution in [1.82, 2.24) is 10.2 Å². The van der Waals surface area contributed by atoms with Crippen molar-refractivity contribution in [2.75, 3.05) is 19.7 Å². The first-order valence-electron chi connectivity index (χ1n) is 8.15. The summed E-state index contributed by atoms with van der Waals surface area (Å²) in [5.41, 5.74) is 1.12. The van der Waals surface area contributed by atoms with Crippen LogP contribution in [0.2, 0.25) is 0 Å². The van der Waals surface area contributed by atoms with Gasteiger partial charge in [-0.05, 0) is 30.5 Å². The lowest BCUT2D eigenvalue weighted by Gasteiger charge is -2.35. The van der Waals surface area contributed by atoms with Crippen molar-refractivity contribution in [2.45, 2.75) is 44.2 Å². The number of halogens is 1. The number of hydrogen-bond acceptors (Lipinski definition) is 2. The highest BCUT2D eigenvalue weighted by atomic mass is 79.9. The maximum Gasteiger partial charge on any atom is 0.317 e. The monoisotopic (exact) mass is 366 g/mol. The van der Waals surface area contributed by atoms with Gasteiger partial charge < -0.3 is 15.0 Å². The van der Waals surface area contributed by atoms with Gasteiger partial charge in [-0.2, -0.15) is 0 Å². The van der Waals surface area contributed by atoms with Crippen LogP contribution >= 0.6 is 15.9 Å². The van der Waals surface area contributed by atoms with Gasteiger partial charge in [0.05, 0.1) is 13.2 Å². The number of nitrogens with zero attached hydrogens (tertiary/aromatic N) is 1. The molecule has 0 bridgehead atoms. The second kappa shape index (κ2) is 7.47. The molecule has 2 amide bonds. The molecule has 1 saturated carbocycles. The number of rotatable bonds is 2. The Labute approximate surface area is 140 Å². The zero-order chi connectivity index (χ0) is 15.4. The molecule has 0 radical (unpaired) electrons. The Balaban J connectivity index is 1.58. The van der Waals surface area contributed by atoms with Gasteiger partial charge in [-0.25, -0.2) is 4.79 Å². The fraction of sp³-hybridized carbons (Fsp3) is 0.588. The van der Waals surface area contributed by atoms with Crippen molar-refractivity contribution < 1.29 is 9.53 Å². The minimum Gasteiger partial charge on any atom is -0.370 e. The fourth-order valence-electron chi connectivity index (χ4n) is 3.26. The van der Waals surface area contributed by atoms with E-state index in [1.54, 1.807) is 0 Å². The Hall–Kier alpha value is -1.07. The van der Waals surface area contributed by atoms with Crippen molar-refractivity contribution in [1.29, 1.82) is 0 Å². The molecule has 0 spiro atoms. The van der Waals surface area contributed by atoms with E-state index in [4.69, 9.17) is 4.74 Å². The summed E-state index contributed by atoms with van der Waals surface area (Å²) >= 11 is 3.49. The highest BCUT2D eigenvalue weighted by Gasteiger charge is 2.27. The Morgan fingerprint density at radius 2 is 2.09 bits per heavy atom. The van der Waals surface area contributed by atoms with Crippen LogP contribution in [0.5, 0.6) is 0 Å². The Morgan fingerprint density at radius 3 is 2.86 bits per heavy atom.